The fourth-order valence-corrected chi connectivity index (χ4v) is 3.30. The maximum Gasteiger partial charge on any atom is 0.258 e. The van der Waals surface area contributed by atoms with Gasteiger partial charge in [0.25, 0.3) is 5.91 Å². The molecule has 1 aliphatic rings. The summed E-state index contributed by atoms with van der Waals surface area (Å²) in [5.74, 6) is 0.697. The van der Waals surface area contributed by atoms with Crippen molar-refractivity contribution in [3.05, 3.63) is 59.2 Å². The van der Waals surface area contributed by atoms with Crippen LogP contribution in [0.4, 0.5) is 5.69 Å². The van der Waals surface area contributed by atoms with Crippen LogP contribution in [0.3, 0.4) is 0 Å². The van der Waals surface area contributed by atoms with Crippen LogP contribution in [0.2, 0.25) is 0 Å². The number of hydrogen-bond acceptors (Lipinski definition) is 3. The topological polar surface area (TPSA) is 64.3 Å². The molecule has 4 heteroatoms. The quantitative estimate of drug-likeness (QED) is 0.829. The Morgan fingerprint density at radius 2 is 2.12 bits per heavy atom. The van der Waals surface area contributed by atoms with E-state index >= 15 is 0 Å². The van der Waals surface area contributed by atoms with Crippen LogP contribution in [-0.4, -0.2) is 12.5 Å². The first-order chi connectivity index (χ1) is 11.7. The molecule has 2 aromatic rings. The number of nitrogens with two attached hydrogens (primary N) is 1. The Morgan fingerprint density at radius 3 is 2.96 bits per heavy atom. The Labute approximate surface area is 143 Å². The van der Waals surface area contributed by atoms with E-state index in [1.807, 2.05) is 42.5 Å². The highest BCUT2D eigenvalue weighted by atomic mass is 16.5. The number of nitrogen functional groups attached to an aromatic ring is 1. The van der Waals surface area contributed by atoms with Gasteiger partial charge in [0.05, 0.1) is 6.04 Å². The number of benzene rings is 2. The van der Waals surface area contributed by atoms with Crippen LogP contribution in [0.5, 0.6) is 5.75 Å². The molecule has 0 radical (unpaired) electrons. The predicted octanol–water partition coefficient (Wildman–Crippen LogP) is 3.40. The molecule has 0 saturated heterocycles. The van der Waals surface area contributed by atoms with Crippen molar-refractivity contribution in [3.8, 4) is 5.75 Å². The standard InChI is InChI=1S/C20H24N2O2/c1-2-14-6-3-4-9-19(14)24-13-20(23)22-18-8-5-7-15-12-16(21)10-11-17(15)18/h3-4,6,9-12,18H,2,5,7-8,13,21H2,1H3,(H,22,23). The summed E-state index contributed by atoms with van der Waals surface area (Å²) in [5.41, 5.74) is 10.2. The average molecular weight is 324 g/mol. The number of carbonyl (C=O) groups is 1. The fourth-order valence-electron chi connectivity index (χ4n) is 3.30. The third-order valence-corrected chi connectivity index (χ3v) is 4.53. The largest absolute Gasteiger partial charge is 0.483 e. The number of anilines is 1. The summed E-state index contributed by atoms with van der Waals surface area (Å²) >= 11 is 0. The van der Waals surface area contributed by atoms with Crippen molar-refractivity contribution < 1.29 is 9.53 Å². The first-order valence-electron chi connectivity index (χ1n) is 8.55. The Morgan fingerprint density at radius 1 is 1.29 bits per heavy atom. The summed E-state index contributed by atoms with van der Waals surface area (Å²) < 4.78 is 5.71. The predicted molar refractivity (Wildman–Crippen MR) is 96.0 cm³/mol. The lowest BCUT2D eigenvalue weighted by molar-refractivity contribution is -0.124. The van der Waals surface area contributed by atoms with E-state index in [2.05, 4.69) is 12.2 Å². The molecule has 0 bridgehead atoms. The summed E-state index contributed by atoms with van der Waals surface area (Å²) in [5, 5.41) is 3.10. The van der Waals surface area contributed by atoms with Gasteiger partial charge < -0.3 is 15.8 Å². The van der Waals surface area contributed by atoms with Crippen LogP contribution in [0.25, 0.3) is 0 Å². The van der Waals surface area contributed by atoms with Crippen molar-refractivity contribution in [2.45, 2.75) is 38.6 Å². The second-order valence-electron chi connectivity index (χ2n) is 6.22. The van der Waals surface area contributed by atoms with Crippen molar-refractivity contribution >= 4 is 11.6 Å². The van der Waals surface area contributed by atoms with Crippen molar-refractivity contribution in [3.63, 3.8) is 0 Å². The summed E-state index contributed by atoms with van der Waals surface area (Å²) in [6.07, 6.45) is 3.91. The van der Waals surface area contributed by atoms with E-state index in [-0.39, 0.29) is 18.6 Å². The van der Waals surface area contributed by atoms with E-state index in [1.165, 1.54) is 11.1 Å². The van der Waals surface area contributed by atoms with Crippen LogP contribution < -0.4 is 15.8 Å². The molecule has 0 fully saturated rings. The molecule has 4 nitrogen and oxygen atoms in total. The number of ether oxygens (including phenoxy) is 1. The number of rotatable bonds is 5. The molecule has 3 rings (SSSR count). The lowest BCUT2D eigenvalue weighted by atomic mass is 9.87. The van der Waals surface area contributed by atoms with Crippen molar-refractivity contribution in [2.24, 2.45) is 0 Å². The Bertz CT molecular complexity index is 727. The summed E-state index contributed by atoms with van der Waals surface area (Å²) in [6.45, 7) is 2.12. The van der Waals surface area contributed by atoms with Gasteiger partial charge in [-0.3, -0.25) is 4.79 Å². The smallest absolute Gasteiger partial charge is 0.258 e. The molecule has 1 aliphatic carbocycles. The van der Waals surface area contributed by atoms with E-state index in [1.54, 1.807) is 0 Å². The number of hydrogen-bond donors (Lipinski definition) is 2. The highest BCUT2D eigenvalue weighted by Gasteiger charge is 2.22. The van der Waals surface area contributed by atoms with Crippen molar-refractivity contribution in [1.29, 1.82) is 0 Å². The normalized spacial score (nSPS) is 16.3. The average Bonchev–Trinajstić information content (AvgIpc) is 2.60. The number of aryl methyl sites for hydroxylation is 2. The highest BCUT2D eigenvalue weighted by molar-refractivity contribution is 5.78. The molecule has 3 N–H and O–H groups in total. The van der Waals surface area contributed by atoms with Gasteiger partial charge in [0.15, 0.2) is 6.61 Å². The van der Waals surface area contributed by atoms with Gasteiger partial charge in [-0.1, -0.05) is 31.2 Å². The summed E-state index contributed by atoms with van der Waals surface area (Å²) in [7, 11) is 0. The second-order valence-corrected chi connectivity index (χ2v) is 6.22. The van der Waals surface area contributed by atoms with Crippen LogP contribution in [-0.2, 0) is 17.6 Å². The van der Waals surface area contributed by atoms with E-state index in [0.29, 0.717) is 0 Å². The molecule has 1 unspecified atom stereocenters. The maximum absolute atomic E-state index is 12.3. The first kappa shape index (κ1) is 16.4. The second kappa shape index (κ2) is 7.39. The molecular weight excluding hydrogens is 300 g/mol. The van der Waals surface area contributed by atoms with Gasteiger partial charge in [0.1, 0.15) is 5.75 Å². The molecule has 24 heavy (non-hydrogen) atoms. The Kier molecular flexibility index (Phi) is 5.04. The molecule has 2 aromatic carbocycles. The van der Waals surface area contributed by atoms with Gasteiger partial charge in [-0.2, -0.15) is 0 Å². The molecule has 1 atom stereocenters. The molecule has 126 valence electrons. The van der Waals surface area contributed by atoms with Gasteiger partial charge in [0.2, 0.25) is 0 Å². The fraction of sp³-hybridized carbons (Fsp3) is 0.350. The van der Waals surface area contributed by atoms with Crippen LogP contribution in [0, 0.1) is 0 Å². The minimum atomic E-state index is -0.0874. The third kappa shape index (κ3) is 3.70. The minimum absolute atomic E-state index is 0.0395. The number of amides is 1. The Balaban J connectivity index is 1.62. The Hall–Kier alpha value is -2.49. The SMILES string of the molecule is CCc1ccccc1OCC(=O)NC1CCCc2cc(N)ccc21. The number of fused-ring (bicyclic) bond motifs is 1. The van der Waals surface area contributed by atoms with Crippen LogP contribution >= 0.6 is 0 Å². The van der Waals surface area contributed by atoms with E-state index in [4.69, 9.17) is 10.5 Å². The summed E-state index contributed by atoms with van der Waals surface area (Å²) in [6, 6.07) is 13.8. The number of carbonyl (C=O) groups excluding carboxylic acids is 1. The van der Waals surface area contributed by atoms with E-state index in [0.717, 1.165) is 42.7 Å². The highest BCUT2D eigenvalue weighted by Crippen LogP contribution is 2.31. The maximum atomic E-state index is 12.3. The van der Waals surface area contributed by atoms with Gasteiger partial charge in [0, 0.05) is 5.69 Å². The molecule has 1 amide bonds. The van der Waals surface area contributed by atoms with Crippen molar-refractivity contribution in [2.75, 3.05) is 12.3 Å². The zero-order valence-corrected chi connectivity index (χ0v) is 14.0. The van der Waals surface area contributed by atoms with Crippen molar-refractivity contribution in [1.82, 2.24) is 5.32 Å². The van der Waals surface area contributed by atoms with Gasteiger partial charge in [-0.25, -0.2) is 0 Å². The molecule has 0 spiro atoms. The van der Waals surface area contributed by atoms with Gasteiger partial charge in [-0.05, 0) is 60.6 Å². The van der Waals surface area contributed by atoms with E-state index in [9.17, 15) is 4.79 Å². The molecule has 0 aromatic heterocycles. The lowest BCUT2D eigenvalue weighted by Crippen LogP contribution is -2.34. The number of para-hydroxylation sites is 1. The monoisotopic (exact) mass is 324 g/mol. The van der Waals surface area contributed by atoms with Gasteiger partial charge in [-0.15, -0.1) is 0 Å². The zero-order chi connectivity index (χ0) is 16.9. The lowest BCUT2D eigenvalue weighted by Gasteiger charge is -2.26. The molecule has 0 heterocycles. The van der Waals surface area contributed by atoms with Crippen LogP contribution in [0.1, 0.15) is 42.5 Å². The minimum Gasteiger partial charge on any atom is -0.483 e. The molecular formula is C20H24N2O2. The number of nitrogens with one attached hydrogen (secondary N) is 1. The zero-order valence-electron chi connectivity index (χ0n) is 14.0. The van der Waals surface area contributed by atoms with Gasteiger partial charge >= 0.3 is 0 Å². The first-order valence-corrected chi connectivity index (χ1v) is 8.55. The van der Waals surface area contributed by atoms with E-state index < -0.39 is 0 Å². The summed E-state index contributed by atoms with van der Waals surface area (Å²) in [4.78, 5) is 12.3. The van der Waals surface area contributed by atoms with Crippen LogP contribution in [0.15, 0.2) is 42.5 Å². The molecule has 0 aliphatic heterocycles. The third-order valence-electron chi connectivity index (χ3n) is 4.53. The molecule has 0 saturated carbocycles.